The second-order valence-electron chi connectivity index (χ2n) is 3.58. The predicted octanol–water partition coefficient (Wildman–Crippen LogP) is 5.27. The number of benzene rings is 2. The van der Waals surface area contributed by atoms with Crippen LogP contribution in [0.3, 0.4) is 0 Å². The fourth-order valence-corrected chi connectivity index (χ4v) is 2.87. The third-order valence-electron chi connectivity index (χ3n) is 2.24. The first-order chi connectivity index (χ1) is 8.75. The topological polar surface area (TPSA) is 9.23 Å². The minimum Gasteiger partial charge on any atom is -0.493 e. The van der Waals surface area contributed by atoms with Gasteiger partial charge in [-0.25, -0.2) is 0 Å². The van der Waals surface area contributed by atoms with Crippen molar-refractivity contribution in [3.63, 3.8) is 0 Å². The van der Waals surface area contributed by atoms with E-state index >= 15 is 0 Å². The Kier molecular flexibility index (Phi) is 5.42. The lowest BCUT2D eigenvalue weighted by Crippen LogP contribution is -1.99. The van der Waals surface area contributed by atoms with Gasteiger partial charge in [-0.3, -0.25) is 0 Å². The molecule has 0 aliphatic carbocycles. The molecule has 0 amide bonds. The molecule has 0 fully saturated rings. The summed E-state index contributed by atoms with van der Waals surface area (Å²) in [5.41, 5.74) is 0. The molecule has 2 aromatic rings. The molecule has 0 saturated carbocycles. The highest BCUT2D eigenvalue weighted by molar-refractivity contribution is 9.10. The molecule has 0 aromatic heterocycles. The number of halogens is 2. The minimum absolute atomic E-state index is 0.659. The first-order valence-electron chi connectivity index (χ1n) is 5.51. The molecule has 0 heterocycles. The molecule has 0 atom stereocenters. The van der Waals surface area contributed by atoms with Gasteiger partial charge in [0.25, 0.3) is 0 Å². The summed E-state index contributed by atoms with van der Waals surface area (Å²) in [5.74, 6) is 1.75. The summed E-state index contributed by atoms with van der Waals surface area (Å²) in [6, 6.07) is 15.7. The minimum atomic E-state index is 0.659. The molecule has 2 aromatic carbocycles. The van der Waals surface area contributed by atoms with Crippen LogP contribution < -0.4 is 4.74 Å². The standard InChI is InChI=1S/C14H12BrClOS/c15-11-4-3-5-12(10-11)17-8-9-18-14-7-2-1-6-13(14)16/h1-7,10H,8-9H2. The Morgan fingerprint density at radius 3 is 2.72 bits per heavy atom. The summed E-state index contributed by atoms with van der Waals surface area (Å²) in [4.78, 5) is 1.09. The maximum Gasteiger partial charge on any atom is 0.120 e. The third-order valence-corrected chi connectivity index (χ3v) is 4.22. The van der Waals surface area contributed by atoms with E-state index < -0.39 is 0 Å². The van der Waals surface area contributed by atoms with Crippen LogP contribution in [0.4, 0.5) is 0 Å². The zero-order valence-corrected chi connectivity index (χ0v) is 12.8. The zero-order chi connectivity index (χ0) is 12.8. The molecule has 4 heteroatoms. The molecule has 0 aliphatic rings. The molecule has 0 N–H and O–H groups in total. The van der Waals surface area contributed by atoms with Gasteiger partial charge in [0, 0.05) is 15.1 Å². The van der Waals surface area contributed by atoms with E-state index in [1.807, 2.05) is 48.5 Å². The normalized spacial score (nSPS) is 10.3. The Morgan fingerprint density at radius 1 is 1.11 bits per heavy atom. The molecule has 0 bridgehead atoms. The number of rotatable bonds is 5. The van der Waals surface area contributed by atoms with Crippen LogP contribution in [0.2, 0.25) is 5.02 Å². The van der Waals surface area contributed by atoms with E-state index in [0.29, 0.717) is 6.61 Å². The van der Waals surface area contributed by atoms with Crippen molar-refractivity contribution in [1.29, 1.82) is 0 Å². The van der Waals surface area contributed by atoms with Crippen LogP contribution in [-0.2, 0) is 0 Å². The van der Waals surface area contributed by atoms with Crippen molar-refractivity contribution in [3.05, 3.63) is 58.0 Å². The van der Waals surface area contributed by atoms with Crippen LogP contribution in [0, 0.1) is 0 Å². The molecule has 2 rings (SSSR count). The number of ether oxygens (including phenoxy) is 1. The lowest BCUT2D eigenvalue weighted by atomic mass is 10.3. The largest absolute Gasteiger partial charge is 0.493 e. The van der Waals surface area contributed by atoms with Gasteiger partial charge in [0.15, 0.2) is 0 Å². The molecule has 1 nitrogen and oxygen atoms in total. The van der Waals surface area contributed by atoms with Crippen molar-refractivity contribution in [2.75, 3.05) is 12.4 Å². The van der Waals surface area contributed by atoms with Gasteiger partial charge in [-0.15, -0.1) is 11.8 Å². The molecular formula is C14H12BrClOS. The summed E-state index contributed by atoms with van der Waals surface area (Å²) < 4.78 is 6.68. The van der Waals surface area contributed by atoms with E-state index in [-0.39, 0.29) is 0 Å². The fourth-order valence-electron chi connectivity index (χ4n) is 1.43. The first kappa shape index (κ1) is 13.8. The van der Waals surface area contributed by atoms with Gasteiger partial charge >= 0.3 is 0 Å². The number of thioether (sulfide) groups is 1. The lowest BCUT2D eigenvalue weighted by molar-refractivity contribution is 0.344. The highest BCUT2D eigenvalue weighted by atomic mass is 79.9. The zero-order valence-electron chi connectivity index (χ0n) is 9.61. The van der Waals surface area contributed by atoms with Gasteiger partial charge in [-0.05, 0) is 30.3 Å². The second kappa shape index (κ2) is 7.07. The number of hydrogen-bond acceptors (Lipinski definition) is 2. The fraction of sp³-hybridized carbons (Fsp3) is 0.143. The van der Waals surface area contributed by atoms with Crippen LogP contribution in [0.1, 0.15) is 0 Å². The Balaban J connectivity index is 1.78. The molecule has 0 spiro atoms. The average Bonchev–Trinajstić information content (AvgIpc) is 2.37. The molecule has 0 saturated heterocycles. The summed E-state index contributed by atoms with van der Waals surface area (Å²) in [6.45, 7) is 0.659. The smallest absolute Gasteiger partial charge is 0.120 e. The number of hydrogen-bond donors (Lipinski definition) is 0. The Bertz CT molecular complexity index is 519. The van der Waals surface area contributed by atoms with Crippen molar-refractivity contribution in [2.24, 2.45) is 0 Å². The van der Waals surface area contributed by atoms with Crippen molar-refractivity contribution < 1.29 is 4.74 Å². The van der Waals surface area contributed by atoms with E-state index in [1.165, 1.54) is 0 Å². The van der Waals surface area contributed by atoms with E-state index in [0.717, 1.165) is 25.9 Å². The van der Waals surface area contributed by atoms with Gasteiger partial charge in [-0.1, -0.05) is 45.7 Å². The molecular weight excluding hydrogens is 332 g/mol. The van der Waals surface area contributed by atoms with Crippen LogP contribution in [-0.4, -0.2) is 12.4 Å². The van der Waals surface area contributed by atoms with Crippen molar-refractivity contribution in [2.45, 2.75) is 4.90 Å². The van der Waals surface area contributed by atoms with Crippen molar-refractivity contribution in [1.82, 2.24) is 0 Å². The highest BCUT2D eigenvalue weighted by Gasteiger charge is 2.00. The first-order valence-corrected chi connectivity index (χ1v) is 7.67. The van der Waals surface area contributed by atoms with Crippen LogP contribution in [0.5, 0.6) is 5.75 Å². The predicted molar refractivity (Wildman–Crippen MR) is 81.8 cm³/mol. The summed E-state index contributed by atoms with van der Waals surface area (Å²) in [5, 5.41) is 0.796. The van der Waals surface area contributed by atoms with E-state index in [2.05, 4.69) is 15.9 Å². The molecule has 0 aliphatic heterocycles. The van der Waals surface area contributed by atoms with Crippen LogP contribution in [0.25, 0.3) is 0 Å². The third kappa shape index (κ3) is 4.23. The Morgan fingerprint density at radius 2 is 1.94 bits per heavy atom. The van der Waals surface area contributed by atoms with Gasteiger partial charge in [0.2, 0.25) is 0 Å². The maximum atomic E-state index is 6.07. The van der Waals surface area contributed by atoms with Crippen molar-refractivity contribution in [3.8, 4) is 5.75 Å². The second-order valence-corrected chi connectivity index (χ2v) is 6.04. The highest BCUT2D eigenvalue weighted by Crippen LogP contribution is 2.26. The van der Waals surface area contributed by atoms with Gasteiger partial charge in [-0.2, -0.15) is 0 Å². The molecule has 0 radical (unpaired) electrons. The van der Waals surface area contributed by atoms with Gasteiger partial charge in [0.05, 0.1) is 11.6 Å². The molecule has 18 heavy (non-hydrogen) atoms. The lowest BCUT2D eigenvalue weighted by Gasteiger charge is -2.07. The van der Waals surface area contributed by atoms with E-state index in [1.54, 1.807) is 11.8 Å². The van der Waals surface area contributed by atoms with Crippen molar-refractivity contribution >= 4 is 39.3 Å². The SMILES string of the molecule is Clc1ccccc1SCCOc1cccc(Br)c1. The summed E-state index contributed by atoms with van der Waals surface area (Å²) in [7, 11) is 0. The molecule has 0 unspecified atom stereocenters. The van der Waals surface area contributed by atoms with Crippen LogP contribution in [0.15, 0.2) is 57.9 Å². The Labute approximate surface area is 125 Å². The van der Waals surface area contributed by atoms with E-state index in [9.17, 15) is 0 Å². The monoisotopic (exact) mass is 342 g/mol. The Hall–Kier alpha value is -0.640. The molecule has 94 valence electrons. The quantitative estimate of drug-likeness (QED) is 0.540. The van der Waals surface area contributed by atoms with E-state index in [4.69, 9.17) is 16.3 Å². The van der Waals surface area contributed by atoms with Gasteiger partial charge < -0.3 is 4.74 Å². The maximum absolute atomic E-state index is 6.07. The summed E-state index contributed by atoms with van der Waals surface area (Å²) in [6.07, 6.45) is 0. The average molecular weight is 344 g/mol. The van der Waals surface area contributed by atoms with Gasteiger partial charge in [0.1, 0.15) is 5.75 Å². The van der Waals surface area contributed by atoms with Crippen LogP contribution >= 0.6 is 39.3 Å². The summed E-state index contributed by atoms with van der Waals surface area (Å²) >= 11 is 11.2.